The summed E-state index contributed by atoms with van der Waals surface area (Å²) in [6, 6.07) is 8.67. The monoisotopic (exact) mass is 294 g/mol. The maximum absolute atomic E-state index is 13.5. The van der Waals surface area contributed by atoms with Gasteiger partial charge < -0.3 is 16.2 Å². The van der Waals surface area contributed by atoms with Crippen molar-refractivity contribution < 1.29 is 13.9 Å². The van der Waals surface area contributed by atoms with E-state index in [4.69, 9.17) is 27.8 Å². The van der Waals surface area contributed by atoms with Crippen molar-refractivity contribution in [3.63, 3.8) is 0 Å². The SMILES string of the molecule is Nc1ccc(C(=O)OCc2c(F)cccc2Cl)c(N)c1. The van der Waals surface area contributed by atoms with Gasteiger partial charge >= 0.3 is 5.97 Å². The quantitative estimate of drug-likeness (QED) is 0.674. The van der Waals surface area contributed by atoms with Crippen LogP contribution in [-0.2, 0) is 11.3 Å². The molecule has 4 nitrogen and oxygen atoms in total. The van der Waals surface area contributed by atoms with Gasteiger partial charge in [0.2, 0.25) is 0 Å². The van der Waals surface area contributed by atoms with Crippen molar-refractivity contribution in [2.45, 2.75) is 6.61 Å². The molecule has 0 aliphatic heterocycles. The van der Waals surface area contributed by atoms with Gasteiger partial charge in [-0.3, -0.25) is 0 Å². The summed E-state index contributed by atoms with van der Waals surface area (Å²) in [6.45, 7) is -0.270. The number of anilines is 2. The number of esters is 1. The number of carbonyl (C=O) groups excluding carboxylic acids is 1. The van der Waals surface area contributed by atoms with Crippen LogP contribution >= 0.6 is 11.6 Å². The first-order valence-corrected chi connectivity index (χ1v) is 6.12. The number of hydrogen-bond acceptors (Lipinski definition) is 4. The van der Waals surface area contributed by atoms with Crippen LogP contribution in [0.1, 0.15) is 15.9 Å². The second-order valence-electron chi connectivity index (χ2n) is 4.12. The molecule has 0 radical (unpaired) electrons. The zero-order valence-corrected chi connectivity index (χ0v) is 11.2. The Bertz CT molecular complexity index is 641. The van der Waals surface area contributed by atoms with E-state index in [-0.39, 0.29) is 28.4 Å². The molecule has 0 amide bonds. The van der Waals surface area contributed by atoms with Crippen molar-refractivity contribution >= 4 is 28.9 Å². The Kier molecular flexibility index (Phi) is 4.10. The Morgan fingerprint density at radius 3 is 2.65 bits per heavy atom. The summed E-state index contributed by atoms with van der Waals surface area (Å²) in [5, 5.41) is 0.197. The van der Waals surface area contributed by atoms with Gasteiger partial charge in [0.25, 0.3) is 0 Å². The zero-order valence-electron chi connectivity index (χ0n) is 10.4. The van der Waals surface area contributed by atoms with E-state index in [0.29, 0.717) is 5.69 Å². The lowest BCUT2D eigenvalue weighted by Gasteiger charge is -2.09. The number of nitrogens with two attached hydrogens (primary N) is 2. The maximum Gasteiger partial charge on any atom is 0.340 e. The molecular weight excluding hydrogens is 283 g/mol. The summed E-state index contributed by atoms with van der Waals surface area (Å²) in [6.07, 6.45) is 0. The van der Waals surface area contributed by atoms with Crippen LogP contribution < -0.4 is 11.5 Å². The minimum Gasteiger partial charge on any atom is -0.457 e. The molecule has 0 aliphatic rings. The Hall–Kier alpha value is -2.27. The van der Waals surface area contributed by atoms with Crippen LogP contribution in [0.25, 0.3) is 0 Å². The zero-order chi connectivity index (χ0) is 14.7. The average Bonchev–Trinajstić information content (AvgIpc) is 2.37. The molecule has 2 rings (SSSR count). The van der Waals surface area contributed by atoms with E-state index in [1.54, 1.807) is 0 Å². The van der Waals surface area contributed by atoms with Crippen LogP contribution in [0.4, 0.5) is 15.8 Å². The van der Waals surface area contributed by atoms with Gasteiger partial charge in [-0.05, 0) is 30.3 Å². The second-order valence-corrected chi connectivity index (χ2v) is 4.53. The molecule has 4 N–H and O–H groups in total. The summed E-state index contributed by atoms with van der Waals surface area (Å²) in [4.78, 5) is 11.9. The molecule has 0 heterocycles. The van der Waals surface area contributed by atoms with Gasteiger partial charge in [-0.15, -0.1) is 0 Å². The molecule has 0 aromatic heterocycles. The van der Waals surface area contributed by atoms with E-state index < -0.39 is 11.8 Å². The van der Waals surface area contributed by atoms with Gasteiger partial charge in [0.15, 0.2) is 0 Å². The molecule has 2 aromatic rings. The highest BCUT2D eigenvalue weighted by atomic mass is 35.5. The molecule has 0 aliphatic carbocycles. The lowest BCUT2D eigenvalue weighted by molar-refractivity contribution is 0.0470. The van der Waals surface area contributed by atoms with Gasteiger partial charge in [-0.25, -0.2) is 9.18 Å². The van der Waals surface area contributed by atoms with Crippen LogP contribution in [0.3, 0.4) is 0 Å². The lowest BCUT2D eigenvalue weighted by atomic mass is 10.1. The van der Waals surface area contributed by atoms with E-state index >= 15 is 0 Å². The fourth-order valence-electron chi connectivity index (χ4n) is 1.65. The third kappa shape index (κ3) is 3.00. The highest BCUT2D eigenvalue weighted by Gasteiger charge is 2.14. The molecule has 6 heteroatoms. The molecule has 0 atom stereocenters. The van der Waals surface area contributed by atoms with Gasteiger partial charge in [0.05, 0.1) is 10.6 Å². The minimum atomic E-state index is -0.665. The fraction of sp³-hybridized carbons (Fsp3) is 0.0714. The number of carbonyl (C=O) groups is 1. The van der Waals surface area contributed by atoms with E-state index in [9.17, 15) is 9.18 Å². The van der Waals surface area contributed by atoms with Crippen molar-refractivity contribution in [2.75, 3.05) is 11.5 Å². The normalized spacial score (nSPS) is 10.3. The van der Waals surface area contributed by atoms with Crippen molar-refractivity contribution in [3.8, 4) is 0 Å². The fourth-order valence-corrected chi connectivity index (χ4v) is 1.87. The van der Waals surface area contributed by atoms with Crippen LogP contribution in [-0.4, -0.2) is 5.97 Å². The average molecular weight is 295 g/mol. The molecular formula is C14H12ClFN2O2. The Balaban J connectivity index is 2.13. The molecule has 2 aromatic carbocycles. The lowest BCUT2D eigenvalue weighted by Crippen LogP contribution is -2.09. The van der Waals surface area contributed by atoms with Crippen LogP contribution in [0, 0.1) is 5.82 Å². The molecule has 0 spiro atoms. The first-order chi connectivity index (χ1) is 9.49. The van der Waals surface area contributed by atoms with E-state index in [1.807, 2.05) is 0 Å². The molecule has 20 heavy (non-hydrogen) atoms. The van der Waals surface area contributed by atoms with Gasteiger partial charge in [0, 0.05) is 16.9 Å². The standard InChI is InChI=1S/C14H12ClFN2O2/c15-11-2-1-3-12(16)10(11)7-20-14(19)9-5-4-8(17)6-13(9)18/h1-6H,7,17-18H2. The predicted octanol–water partition coefficient (Wildman–Crippen LogP) is 3.00. The largest absolute Gasteiger partial charge is 0.457 e. The van der Waals surface area contributed by atoms with Gasteiger partial charge in [0.1, 0.15) is 12.4 Å². The highest BCUT2D eigenvalue weighted by molar-refractivity contribution is 6.31. The minimum absolute atomic E-state index is 0.122. The van der Waals surface area contributed by atoms with Gasteiger partial charge in [-0.2, -0.15) is 0 Å². The Morgan fingerprint density at radius 1 is 1.25 bits per heavy atom. The predicted molar refractivity (Wildman–Crippen MR) is 75.8 cm³/mol. The third-order valence-electron chi connectivity index (χ3n) is 2.70. The Morgan fingerprint density at radius 2 is 2.00 bits per heavy atom. The summed E-state index contributed by atoms with van der Waals surface area (Å²) in [5.41, 5.74) is 12.1. The highest BCUT2D eigenvalue weighted by Crippen LogP contribution is 2.21. The van der Waals surface area contributed by atoms with Crippen molar-refractivity contribution in [1.82, 2.24) is 0 Å². The molecule has 0 saturated heterocycles. The number of halogens is 2. The van der Waals surface area contributed by atoms with Gasteiger partial charge in [-0.1, -0.05) is 17.7 Å². The molecule has 0 saturated carbocycles. The smallest absolute Gasteiger partial charge is 0.340 e. The van der Waals surface area contributed by atoms with E-state index in [0.717, 1.165) is 0 Å². The van der Waals surface area contributed by atoms with Crippen LogP contribution in [0.5, 0.6) is 0 Å². The molecule has 0 bridgehead atoms. The summed E-state index contributed by atoms with van der Waals surface area (Å²) >= 11 is 5.84. The number of rotatable bonds is 3. The third-order valence-corrected chi connectivity index (χ3v) is 3.06. The van der Waals surface area contributed by atoms with E-state index in [1.165, 1.54) is 36.4 Å². The number of nitrogen functional groups attached to an aromatic ring is 2. The van der Waals surface area contributed by atoms with Crippen LogP contribution in [0.2, 0.25) is 5.02 Å². The number of hydrogen-bond donors (Lipinski definition) is 2. The Labute approximate surface area is 120 Å². The topological polar surface area (TPSA) is 78.3 Å². The molecule has 0 fully saturated rings. The van der Waals surface area contributed by atoms with Crippen molar-refractivity contribution in [2.24, 2.45) is 0 Å². The van der Waals surface area contributed by atoms with Crippen LogP contribution in [0.15, 0.2) is 36.4 Å². The molecule has 104 valence electrons. The molecule has 0 unspecified atom stereocenters. The summed E-state index contributed by atoms with van der Waals surface area (Å²) in [7, 11) is 0. The first-order valence-electron chi connectivity index (χ1n) is 5.74. The summed E-state index contributed by atoms with van der Waals surface area (Å²) in [5.74, 6) is -1.20. The second kappa shape index (κ2) is 5.79. The summed E-state index contributed by atoms with van der Waals surface area (Å²) < 4.78 is 18.5. The first kappa shape index (κ1) is 14.1. The van der Waals surface area contributed by atoms with Crippen molar-refractivity contribution in [1.29, 1.82) is 0 Å². The number of ether oxygens (including phenoxy) is 1. The van der Waals surface area contributed by atoms with Crippen molar-refractivity contribution in [3.05, 3.63) is 58.4 Å². The van der Waals surface area contributed by atoms with E-state index in [2.05, 4.69) is 0 Å². The number of benzene rings is 2. The maximum atomic E-state index is 13.5.